The third kappa shape index (κ3) is 4.02. The Morgan fingerprint density at radius 1 is 1.00 bits per heavy atom. The zero-order valence-corrected chi connectivity index (χ0v) is 16.1. The number of carbonyl (C=O) groups is 1. The third-order valence-electron chi connectivity index (χ3n) is 4.11. The van der Waals surface area contributed by atoms with Crippen LogP contribution in [0.15, 0.2) is 59.1 Å². The van der Waals surface area contributed by atoms with E-state index < -0.39 is 6.10 Å². The van der Waals surface area contributed by atoms with Crippen LogP contribution in [0.3, 0.4) is 0 Å². The summed E-state index contributed by atoms with van der Waals surface area (Å²) in [5.74, 6) is 0.585. The standard InChI is InChI=1S/C21H20BrNO2/c1-13-10-18(22)11-14(2)20(13)25-15(3)21(24)23-19-9-8-16-6-4-5-7-17(16)12-19/h4-12,15H,1-3H3,(H,23,24). The zero-order chi connectivity index (χ0) is 18.0. The van der Waals surface area contributed by atoms with E-state index in [1.165, 1.54) is 0 Å². The molecule has 4 heteroatoms. The number of hydrogen-bond donors (Lipinski definition) is 1. The topological polar surface area (TPSA) is 38.3 Å². The fraction of sp³-hybridized carbons (Fsp3) is 0.190. The number of halogens is 1. The van der Waals surface area contributed by atoms with Gasteiger partial charge in [0.05, 0.1) is 0 Å². The lowest BCUT2D eigenvalue weighted by Gasteiger charge is -2.18. The van der Waals surface area contributed by atoms with Gasteiger partial charge in [0, 0.05) is 10.2 Å². The maximum Gasteiger partial charge on any atom is 0.265 e. The van der Waals surface area contributed by atoms with Crippen LogP contribution in [0.25, 0.3) is 10.8 Å². The van der Waals surface area contributed by atoms with E-state index in [1.54, 1.807) is 6.92 Å². The SMILES string of the molecule is Cc1cc(Br)cc(C)c1OC(C)C(=O)Nc1ccc2ccccc2c1. The molecule has 0 aliphatic heterocycles. The van der Waals surface area contributed by atoms with Gasteiger partial charge in [-0.05, 0) is 66.9 Å². The lowest BCUT2D eigenvalue weighted by Crippen LogP contribution is -2.30. The molecule has 3 rings (SSSR count). The number of benzene rings is 3. The first-order chi connectivity index (χ1) is 11.9. The van der Waals surface area contributed by atoms with Crippen molar-refractivity contribution in [3.8, 4) is 5.75 Å². The maximum atomic E-state index is 12.5. The van der Waals surface area contributed by atoms with Gasteiger partial charge in [-0.25, -0.2) is 0 Å². The van der Waals surface area contributed by atoms with Crippen LogP contribution in [-0.2, 0) is 4.79 Å². The van der Waals surface area contributed by atoms with Gasteiger partial charge in [0.25, 0.3) is 5.91 Å². The lowest BCUT2D eigenvalue weighted by molar-refractivity contribution is -0.122. The quantitative estimate of drug-likeness (QED) is 0.619. The molecule has 1 N–H and O–H groups in total. The fourth-order valence-electron chi connectivity index (χ4n) is 2.82. The van der Waals surface area contributed by atoms with Gasteiger partial charge in [0.1, 0.15) is 5.75 Å². The molecule has 0 radical (unpaired) electrons. The second kappa shape index (κ2) is 7.28. The van der Waals surface area contributed by atoms with Gasteiger partial charge in [-0.15, -0.1) is 0 Å². The van der Waals surface area contributed by atoms with E-state index >= 15 is 0 Å². The number of anilines is 1. The average molecular weight is 398 g/mol. The molecule has 1 amide bonds. The largest absolute Gasteiger partial charge is 0.480 e. The van der Waals surface area contributed by atoms with Gasteiger partial charge in [-0.3, -0.25) is 4.79 Å². The molecule has 0 saturated heterocycles. The maximum absolute atomic E-state index is 12.5. The highest BCUT2D eigenvalue weighted by atomic mass is 79.9. The van der Waals surface area contributed by atoms with Crippen LogP contribution in [0.2, 0.25) is 0 Å². The predicted molar refractivity (Wildman–Crippen MR) is 106 cm³/mol. The van der Waals surface area contributed by atoms with Crippen molar-refractivity contribution in [1.29, 1.82) is 0 Å². The lowest BCUT2D eigenvalue weighted by atomic mass is 10.1. The molecule has 3 aromatic rings. The van der Waals surface area contributed by atoms with Crippen molar-refractivity contribution in [3.05, 3.63) is 70.2 Å². The van der Waals surface area contributed by atoms with E-state index in [4.69, 9.17) is 4.74 Å². The predicted octanol–water partition coefficient (Wildman–Crippen LogP) is 5.63. The molecular formula is C21H20BrNO2. The minimum absolute atomic E-state index is 0.169. The molecule has 0 bridgehead atoms. The van der Waals surface area contributed by atoms with Gasteiger partial charge in [0.15, 0.2) is 6.10 Å². The number of ether oxygens (including phenoxy) is 1. The summed E-state index contributed by atoms with van der Waals surface area (Å²) >= 11 is 3.47. The van der Waals surface area contributed by atoms with Gasteiger partial charge in [0.2, 0.25) is 0 Å². The Morgan fingerprint density at radius 3 is 2.32 bits per heavy atom. The number of rotatable bonds is 4. The first kappa shape index (κ1) is 17.5. The number of hydrogen-bond acceptors (Lipinski definition) is 2. The Hall–Kier alpha value is -2.33. The number of carbonyl (C=O) groups excluding carboxylic acids is 1. The molecule has 0 saturated carbocycles. The Morgan fingerprint density at radius 2 is 1.64 bits per heavy atom. The third-order valence-corrected chi connectivity index (χ3v) is 4.56. The summed E-state index contributed by atoms with van der Waals surface area (Å²) in [5, 5.41) is 5.17. The Balaban J connectivity index is 1.74. The molecular weight excluding hydrogens is 378 g/mol. The smallest absolute Gasteiger partial charge is 0.265 e. The van der Waals surface area contributed by atoms with E-state index in [0.29, 0.717) is 0 Å². The number of amides is 1. The van der Waals surface area contributed by atoms with Crippen molar-refractivity contribution >= 4 is 38.3 Å². The van der Waals surface area contributed by atoms with Gasteiger partial charge in [-0.2, -0.15) is 0 Å². The van der Waals surface area contributed by atoms with E-state index in [-0.39, 0.29) is 5.91 Å². The number of aryl methyl sites for hydroxylation is 2. The summed E-state index contributed by atoms with van der Waals surface area (Å²) < 4.78 is 6.92. The van der Waals surface area contributed by atoms with E-state index in [1.807, 2.05) is 68.4 Å². The van der Waals surface area contributed by atoms with Gasteiger partial charge >= 0.3 is 0 Å². The average Bonchev–Trinajstić information content (AvgIpc) is 2.57. The Labute approximate surface area is 156 Å². The van der Waals surface area contributed by atoms with E-state index in [2.05, 4.69) is 21.2 Å². The van der Waals surface area contributed by atoms with Crippen molar-refractivity contribution in [2.45, 2.75) is 26.9 Å². The van der Waals surface area contributed by atoms with Crippen LogP contribution in [0.5, 0.6) is 5.75 Å². The summed E-state index contributed by atoms with van der Waals surface area (Å²) in [6, 6.07) is 17.9. The van der Waals surface area contributed by atoms with Crippen LogP contribution < -0.4 is 10.1 Å². The number of fused-ring (bicyclic) bond motifs is 1. The molecule has 128 valence electrons. The molecule has 3 aromatic carbocycles. The highest BCUT2D eigenvalue weighted by molar-refractivity contribution is 9.10. The summed E-state index contributed by atoms with van der Waals surface area (Å²) in [6.45, 7) is 5.71. The second-order valence-corrected chi connectivity index (χ2v) is 7.10. The van der Waals surface area contributed by atoms with Crippen molar-refractivity contribution in [1.82, 2.24) is 0 Å². The molecule has 0 aliphatic carbocycles. The minimum Gasteiger partial charge on any atom is -0.480 e. The molecule has 1 unspecified atom stereocenters. The summed E-state index contributed by atoms with van der Waals surface area (Å²) in [4.78, 5) is 12.5. The van der Waals surface area contributed by atoms with Crippen molar-refractivity contribution in [2.75, 3.05) is 5.32 Å². The molecule has 0 spiro atoms. The summed E-state index contributed by atoms with van der Waals surface area (Å²) in [7, 11) is 0. The van der Waals surface area contributed by atoms with Gasteiger partial charge < -0.3 is 10.1 Å². The van der Waals surface area contributed by atoms with E-state index in [9.17, 15) is 4.79 Å². The summed E-state index contributed by atoms with van der Waals surface area (Å²) in [5.41, 5.74) is 2.76. The molecule has 0 heterocycles. The molecule has 1 atom stereocenters. The van der Waals surface area contributed by atoms with Crippen LogP contribution in [0.1, 0.15) is 18.1 Å². The molecule has 0 fully saturated rings. The van der Waals surface area contributed by atoms with Crippen LogP contribution in [0, 0.1) is 13.8 Å². The van der Waals surface area contributed by atoms with Crippen LogP contribution in [0.4, 0.5) is 5.69 Å². The van der Waals surface area contributed by atoms with Gasteiger partial charge in [-0.1, -0.05) is 46.3 Å². The first-order valence-electron chi connectivity index (χ1n) is 8.17. The highest BCUT2D eigenvalue weighted by Gasteiger charge is 2.17. The van der Waals surface area contributed by atoms with Crippen molar-refractivity contribution < 1.29 is 9.53 Å². The normalized spacial score (nSPS) is 12.0. The Bertz CT molecular complexity index is 913. The van der Waals surface area contributed by atoms with Crippen molar-refractivity contribution in [2.24, 2.45) is 0 Å². The fourth-order valence-corrected chi connectivity index (χ4v) is 3.51. The monoisotopic (exact) mass is 397 g/mol. The minimum atomic E-state index is -0.593. The Kier molecular flexibility index (Phi) is 5.09. The van der Waals surface area contributed by atoms with Crippen LogP contribution in [-0.4, -0.2) is 12.0 Å². The second-order valence-electron chi connectivity index (χ2n) is 6.18. The highest BCUT2D eigenvalue weighted by Crippen LogP contribution is 2.28. The first-order valence-corrected chi connectivity index (χ1v) is 8.96. The molecule has 3 nitrogen and oxygen atoms in total. The van der Waals surface area contributed by atoms with Crippen LogP contribution >= 0.6 is 15.9 Å². The molecule has 25 heavy (non-hydrogen) atoms. The molecule has 0 aliphatic rings. The number of nitrogens with one attached hydrogen (secondary N) is 1. The zero-order valence-electron chi connectivity index (χ0n) is 14.5. The van der Waals surface area contributed by atoms with Crippen molar-refractivity contribution in [3.63, 3.8) is 0 Å². The summed E-state index contributed by atoms with van der Waals surface area (Å²) in [6.07, 6.45) is -0.593. The van der Waals surface area contributed by atoms with E-state index in [0.717, 1.165) is 37.8 Å². The molecule has 0 aromatic heterocycles.